The van der Waals surface area contributed by atoms with Crippen molar-refractivity contribution in [1.82, 2.24) is 10.4 Å². The summed E-state index contributed by atoms with van der Waals surface area (Å²) in [6, 6.07) is 7.61. The van der Waals surface area contributed by atoms with E-state index in [4.69, 9.17) is 9.47 Å². The molecule has 1 N–H and O–H groups in total. The minimum absolute atomic E-state index is 0.131. The third kappa shape index (κ3) is 4.90. The van der Waals surface area contributed by atoms with Gasteiger partial charge in [-0.1, -0.05) is 13.0 Å². The quantitative estimate of drug-likeness (QED) is 0.738. The smallest absolute Gasteiger partial charge is 0.273 e. The number of amides is 2. The fourth-order valence-corrected chi connectivity index (χ4v) is 2.99. The van der Waals surface area contributed by atoms with Gasteiger partial charge in [-0.2, -0.15) is 0 Å². The molecule has 0 bridgehead atoms. The predicted molar refractivity (Wildman–Crippen MR) is 113 cm³/mol. The van der Waals surface area contributed by atoms with Crippen molar-refractivity contribution in [3.63, 3.8) is 0 Å². The summed E-state index contributed by atoms with van der Waals surface area (Å²) in [6.45, 7) is 9.02. The maximum atomic E-state index is 14.4. The maximum Gasteiger partial charge on any atom is 0.273 e. The van der Waals surface area contributed by atoms with Gasteiger partial charge in [-0.3, -0.25) is 15.0 Å². The van der Waals surface area contributed by atoms with Crippen LogP contribution >= 0.6 is 0 Å². The Kier molecular flexibility index (Phi) is 7.08. The van der Waals surface area contributed by atoms with Crippen LogP contribution in [0.25, 0.3) is 0 Å². The summed E-state index contributed by atoms with van der Waals surface area (Å²) in [5.41, 5.74) is 3.46. The van der Waals surface area contributed by atoms with E-state index in [9.17, 15) is 14.0 Å². The van der Waals surface area contributed by atoms with Crippen molar-refractivity contribution in [2.75, 3.05) is 14.2 Å². The molecule has 0 spiro atoms. The molecule has 0 aliphatic rings. The standard InChI is InChI=1S/C23H29FN2O4/c1-8-15-9-10-17(18(24)11-15)21(27)25-26(23(3,4)5)22(28)16-12-19(29-6)14(2)20(13-16)30-7/h9-13H,8H2,1-7H3,(H,25,27). The molecule has 0 saturated heterocycles. The summed E-state index contributed by atoms with van der Waals surface area (Å²) in [5, 5.41) is 1.19. The molecule has 7 heteroatoms. The van der Waals surface area contributed by atoms with Crippen LogP contribution in [0.1, 0.15) is 59.5 Å². The van der Waals surface area contributed by atoms with Gasteiger partial charge in [-0.15, -0.1) is 0 Å². The fraction of sp³-hybridized carbons (Fsp3) is 0.391. The van der Waals surface area contributed by atoms with Gasteiger partial charge >= 0.3 is 0 Å². The zero-order valence-corrected chi connectivity index (χ0v) is 18.6. The number of benzene rings is 2. The zero-order valence-electron chi connectivity index (χ0n) is 18.6. The van der Waals surface area contributed by atoms with Gasteiger partial charge in [0.25, 0.3) is 11.8 Å². The summed E-state index contributed by atoms with van der Waals surface area (Å²) >= 11 is 0. The number of carbonyl (C=O) groups excluding carboxylic acids is 2. The minimum atomic E-state index is -0.780. The van der Waals surface area contributed by atoms with E-state index in [1.54, 1.807) is 39.0 Å². The van der Waals surface area contributed by atoms with Crippen molar-refractivity contribution < 1.29 is 23.5 Å². The number of aryl methyl sites for hydroxylation is 1. The highest BCUT2D eigenvalue weighted by Gasteiger charge is 2.31. The normalized spacial score (nSPS) is 11.1. The number of carbonyl (C=O) groups is 2. The summed E-state index contributed by atoms with van der Waals surface area (Å²) in [7, 11) is 3.00. The third-order valence-electron chi connectivity index (χ3n) is 4.77. The van der Waals surface area contributed by atoms with Crippen LogP contribution in [-0.4, -0.2) is 36.6 Å². The Morgan fingerprint density at radius 1 is 1.07 bits per heavy atom. The molecule has 0 aliphatic heterocycles. The first-order valence-electron chi connectivity index (χ1n) is 9.70. The van der Waals surface area contributed by atoms with Gasteiger partial charge < -0.3 is 9.47 Å². The molecule has 6 nitrogen and oxygen atoms in total. The number of hydrogen-bond donors (Lipinski definition) is 1. The van der Waals surface area contributed by atoms with Gasteiger partial charge in [0.2, 0.25) is 0 Å². The van der Waals surface area contributed by atoms with Crippen LogP contribution in [0.15, 0.2) is 30.3 Å². The molecule has 0 heterocycles. The number of methoxy groups -OCH3 is 2. The summed E-state index contributed by atoms with van der Waals surface area (Å²) in [4.78, 5) is 26.1. The van der Waals surface area contributed by atoms with Gasteiger partial charge in [0.1, 0.15) is 17.3 Å². The van der Waals surface area contributed by atoms with E-state index in [1.165, 1.54) is 31.4 Å². The molecular formula is C23H29FN2O4. The molecule has 2 aromatic carbocycles. The van der Waals surface area contributed by atoms with E-state index in [2.05, 4.69) is 5.43 Å². The van der Waals surface area contributed by atoms with Crippen LogP contribution in [0.5, 0.6) is 11.5 Å². The van der Waals surface area contributed by atoms with E-state index in [0.29, 0.717) is 17.9 Å². The lowest BCUT2D eigenvalue weighted by Crippen LogP contribution is -2.56. The van der Waals surface area contributed by atoms with Crippen molar-refractivity contribution in [2.24, 2.45) is 0 Å². The molecule has 0 unspecified atom stereocenters. The highest BCUT2D eigenvalue weighted by atomic mass is 19.1. The van der Waals surface area contributed by atoms with Crippen molar-refractivity contribution in [3.8, 4) is 11.5 Å². The number of ether oxygens (including phenoxy) is 2. The molecule has 2 rings (SSSR count). The van der Waals surface area contributed by atoms with Crippen LogP contribution in [0.3, 0.4) is 0 Å². The topological polar surface area (TPSA) is 67.9 Å². The van der Waals surface area contributed by atoms with Crippen molar-refractivity contribution in [3.05, 3.63) is 58.4 Å². The molecule has 0 aromatic heterocycles. The molecule has 2 amide bonds. The Morgan fingerprint density at radius 2 is 1.63 bits per heavy atom. The molecule has 0 atom stereocenters. The van der Waals surface area contributed by atoms with Gasteiger partial charge in [-0.25, -0.2) is 9.40 Å². The lowest BCUT2D eigenvalue weighted by molar-refractivity contribution is 0.0356. The van der Waals surface area contributed by atoms with Gasteiger partial charge in [-0.05, 0) is 63.9 Å². The molecule has 0 radical (unpaired) electrons. The van der Waals surface area contributed by atoms with Crippen LogP contribution in [0.4, 0.5) is 4.39 Å². The monoisotopic (exact) mass is 416 g/mol. The third-order valence-corrected chi connectivity index (χ3v) is 4.77. The first-order chi connectivity index (χ1) is 14.0. The molecule has 0 saturated carbocycles. The summed E-state index contributed by atoms with van der Waals surface area (Å²) in [6.07, 6.45) is 0.655. The Labute approximate surface area is 176 Å². The van der Waals surface area contributed by atoms with E-state index < -0.39 is 23.2 Å². The van der Waals surface area contributed by atoms with Crippen molar-refractivity contribution in [2.45, 2.75) is 46.6 Å². The molecular weight excluding hydrogens is 387 g/mol. The molecule has 0 aliphatic carbocycles. The maximum absolute atomic E-state index is 14.4. The number of hydrogen-bond acceptors (Lipinski definition) is 4. The molecule has 0 fully saturated rings. The highest BCUT2D eigenvalue weighted by molar-refractivity contribution is 6.00. The van der Waals surface area contributed by atoms with Crippen molar-refractivity contribution in [1.29, 1.82) is 0 Å². The fourth-order valence-electron chi connectivity index (χ4n) is 2.99. The minimum Gasteiger partial charge on any atom is -0.496 e. The van der Waals surface area contributed by atoms with Crippen LogP contribution in [0, 0.1) is 12.7 Å². The zero-order chi connectivity index (χ0) is 22.6. The van der Waals surface area contributed by atoms with Gasteiger partial charge in [0.05, 0.1) is 25.3 Å². The van der Waals surface area contributed by atoms with Gasteiger partial charge in [0.15, 0.2) is 0 Å². The number of nitrogens with one attached hydrogen (secondary N) is 1. The number of halogens is 1. The second-order valence-corrected chi connectivity index (χ2v) is 7.93. The van der Waals surface area contributed by atoms with Crippen LogP contribution < -0.4 is 14.9 Å². The van der Waals surface area contributed by atoms with Crippen LogP contribution in [-0.2, 0) is 6.42 Å². The number of rotatable bonds is 5. The molecule has 30 heavy (non-hydrogen) atoms. The largest absolute Gasteiger partial charge is 0.496 e. The lowest BCUT2D eigenvalue weighted by atomic mass is 10.0. The molecule has 2 aromatic rings. The van der Waals surface area contributed by atoms with Crippen molar-refractivity contribution >= 4 is 11.8 Å². The molecule has 162 valence electrons. The first-order valence-corrected chi connectivity index (χ1v) is 9.70. The Hall–Kier alpha value is -3.09. The first kappa shape index (κ1) is 23.2. The Morgan fingerprint density at radius 3 is 2.07 bits per heavy atom. The van der Waals surface area contributed by atoms with Crippen LogP contribution in [0.2, 0.25) is 0 Å². The highest BCUT2D eigenvalue weighted by Crippen LogP contribution is 2.30. The Balaban J connectivity index is 2.42. The van der Waals surface area contributed by atoms with E-state index >= 15 is 0 Å². The number of hydrazine groups is 1. The van der Waals surface area contributed by atoms with E-state index in [1.807, 2.05) is 13.8 Å². The average Bonchev–Trinajstić information content (AvgIpc) is 2.70. The van der Waals surface area contributed by atoms with E-state index in [-0.39, 0.29) is 11.1 Å². The van der Waals surface area contributed by atoms with Gasteiger partial charge in [0, 0.05) is 11.1 Å². The number of nitrogens with zero attached hydrogens (tertiary/aromatic N) is 1. The lowest BCUT2D eigenvalue weighted by Gasteiger charge is -2.35. The average molecular weight is 416 g/mol. The Bertz CT molecular complexity index is 926. The summed E-state index contributed by atoms with van der Waals surface area (Å²) < 4.78 is 25.1. The predicted octanol–water partition coefficient (Wildman–Crippen LogP) is 4.30. The second kappa shape index (κ2) is 9.15. The second-order valence-electron chi connectivity index (χ2n) is 7.93. The summed E-state index contributed by atoms with van der Waals surface area (Å²) in [5.74, 6) is -0.840. The van der Waals surface area contributed by atoms with E-state index in [0.717, 1.165) is 11.1 Å². The SMILES string of the molecule is CCc1ccc(C(=O)NN(C(=O)c2cc(OC)c(C)c(OC)c2)C(C)(C)C)c(F)c1.